The number of amides is 1. The molecule has 0 spiro atoms. The third kappa shape index (κ3) is 2.09. The van der Waals surface area contributed by atoms with Crippen LogP contribution in [-0.4, -0.2) is 43.0 Å². The Balaban J connectivity index is 1.54. The summed E-state index contributed by atoms with van der Waals surface area (Å²) in [7, 11) is 0. The molecule has 0 aromatic heterocycles. The minimum atomic E-state index is -0.134. The van der Waals surface area contributed by atoms with Crippen molar-refractivity contribution in [1.82, 2.24) is 10.2 Å². The lowest BCUT2D eigenvalue weighted by molar-refractivity contribution is -0.141. The zero-order valence-corrected chi connectivity index (χ0v) is 13.0. The first kappa shape index (κ1) is 14.2. The number of hydrogen-bond donors (Lipinski definition) is 2. The lowest BCUT2D eigenvalue weighted by atomic mass is 9.79. The molecule has 22 heavy (non-hydrogen) atoms. The first-order valence-corrected chi connectivity index (χ1v) is 8.51. The molecule has 2 saturated heterocycles. The summed E-state index contributed by atoms with van der Waals surface area (Å²) >= 11 is 0. The lowest BCUT2D eigenvalue weighted by Gasteiger charge is -2.32. The molecule has 1 aliphatic carbocycles. The first-order chi connectivity index (χ1) is 10.7. The Labute approximate surface area is 132 Å². The maximum atomic E-state index is 13.2. The number of hydrogen-bond acceptors (Lipinski definition) is 3. The number of nitrogens with one attached hydrogen (secondary N) is 1. The zero-order valence-electron chi connectivity index (χ0n) is 13.0. The number of carbonyl (C=O) groups excluding carboxylic acids is 1. The summed E-state index contributed by atoms with van der Waals surface area (Å²) in [6.07, 6.45) is 3.44. The van der Waals surface area contributed by atoms with Crippen molar-refractivity contribution in [1.29, 1.82) is 0 Å². The standard InChI is InChI=1S/C18H25N3O/c19-16-11-21(10-15(16)13-5-2-1-3-6-13)17(22)18-8-4-7-14(18)9-20-12-18/h1-3,5-6,14-16,20H,4,7-12,19H2/t14-,15+,16-,18-/m1/s1. The average molecular weight is 299 g/mol. The molecule has 3 aliphatic rings. The van der Waals surface area contributed by atoms with E-state index in [1.165, 1.54) is 18.4 Å². The second-order valence-corrected chi connectivity index (χ2v) is 7.27. The topological polar surface area (TPSA) is 58.4 Å². The minimum absolute atomic E-state index is 0.0527. The molecular formula is C18H25N3O. The van der Waals surface area contributed by atoms with Crippen molar-refractivity contribution in [3.05, 3.63) is 35.9 Å². The fraction of sp³-hybridized carbons (Fsp3) is 0.611. The number of rotatable bonds is 2. The van der Waals surface area contributed by atoms with E-state index in [2.05, 4.69) is 29.6 Å². The molecule has 4 rings (SSSR count). The van der Waals surface area contributed by atoms with Crippen LogP contribution in [0.15, 0.2) is 30.3 Å². The molecule has 1 aromatic rings. The second kappa shape index (κ2) is 5.36. The van der Waals surface area contributed by atoms with E-state index in [9.17, 15) is 4.79 Å². The van der Waals surface area contributed by atoms with Crippen molar-refractivity contribution >= 4 is 5.91 Å². The van der Waals surface area contributed by atoms with Crippen molar-refractivity contribution in [3.8, 4) is 0 Å². The lowest BCUT2D eigenvalue weighted by Crippen LogP contribution is -2.46. The number of carbonyl (C=O) groups is 1. The zero-order chi connectivity index (χ0) is 15.2. The number of nitrogens with zero attached hydrogens (tertiary/aromatic N) is 1. The van der Waals surface area contributed by atoms with E-state index >= 15 is 0 Å². The van der Waals surface area contributed by atoms with Crippen LogP contribution in [0.5, 0.6) is 0 Å². The van der Waals surface area contributed by atoms with Gasteiger partial charge in [0.25, 0.3) is 0 Å². The third-order valence-corrected chi connectivity index (χ3v) is 6.09. The fourth-order valence-corrected chi connectivity index (χ4v) is 4.86. The third-order valence-electron chi connectivity index (χ3n) is 6.09. The van der Waals surface area contributed by atoms with Gasteiger partial charge < -0.3 is 16.0 Å². The highest BCUT2D eigenvalue weighted by Gasteiger charge is 2.54. The molecule has 4 atom stereocenters. The molecule has 2 aliphatic heterocycles. The summed E-state index contributed by atoms with van der Waals surface area (Å²) in [5.41, 5.74) is 7.49. The number of benzene rings is 1. The smallest absolute Gasteiger partial charge is 0.230 e. The van der Waals surface area contributed by atoms with Crippen LogP contribution in [0.2, 0.25) is 0 Å². The molecule has 4 nitrogen and oxygen atoms in total. The highest BCUT2D eigenvalue weighted by atomic mass is 16.2. The Morgan fingerprint density at radius 3 is 2.91 bits per heavy atom. The van der Waals surface area contributed by atoms with Crippen LogP contribution >= 0.6 is 0 Å². The van der Waals surface area contributed by atoms with Gasteiger partial charge in [-0.05, 0) is 30.9 Å². The van der Waals surface area contributed by atoms with Gasteiger partial charge in [-0.15, -0.1) is 0 Å². The summed E-state index contributed by atoms with van der Waals surface area (Å²) < 4.78 is 0. The maximum absolute atomic E-state index is 13.2. The van der Waals surface area contributed by atoms with Gasteiger partial charge in [-0.3, -0.25) is 4.79 Å². The first-order valence-electron chi connectivity index (χ1n) is 8.51. The molecule has 118 valence electrons. The van der Waals surface area contributed by atoms with Gasteiger partial charge in [0.2, 0.25) is 5.91 Å². The predicted molar refractivity (Wildman–Crippen MR) is 86.4 cm³/mol. The average Bonchev–Trinajstić information content (AvgIpc) is 3.20. The summed E-state index contributed by atoms with van der Waals surface area (Å²) in [5.74, 6) is 1.16. The molecule has 1 amide bonds. The maximum Gasteiger partial charge on any atom is 0.230 e. The Morgan fingerprint density at radius 1 is 1.27 bits per heavy atom. The number of fused-ring (bicyclic) bond motifs is 1. The van der Waals surface area contributed by atoms with E-state index in [0.29, 0.717) is 18.4 Å². The summed E-state index contributed by atoms with van der Waals surface area (Å²) in [5, 5.41) is 3.44. The number of nitrogens with two attached hydrogens (primary N) is 1. The molecule has 2 heterocycles. The van der Waals surface area contributed by atoms with Crippen LogP contribution in [0.3, 0.4) is 0 Å². The van der Waals surface area contributed by atoms with E-state index in [4.69, 9.17) is 5.73 Å². The summed E-state index contributed by atoms with van der Waals surface area (Å²) in [6, 6.07) is 10.5. The van der Waals surface area contributed by atoms with E-state index in [1.807, 2.05) is 11.0 Å². The molecule has 0 radical (unpaired) electrons. The van der Waals surface area contributed by atoms with Gasteiger partial charge in [-0.2, -0.15) is 0 Å². The van der Waals surface area contributed by atoms with Gasteiger partial charge in [0.15, 0.2) is 0 Å². The highest BCUT2D eigenvalue weighted by Crippen LogP contribution is 2.47. The van der Waals surface area contributed by atoms with Gasteiger partial charge in [-0.25, -0.2) is 0 Å². The molecule has 0 unspecified atom stereocenters. The second-order valence-electron chi connectivity index (χ2n) is 7.27. The molecular weight excluding hydrogens is 274 g/mol. The van der Waals surface area contributed by atoms with Gasteiger partial charge in [-0.1, -0.05) is 36.8 Å². The normalized spacial score (nSPS) is 37.5. The predicted octanol–water partition coefficient (Wildman–Crippen LogP) is 1.33. The molecule has 1 saturated carbocycles. The Bertz CT molecular complexity index is 549. The van der Waals surface area contributed by atoms with Crippen molar-refractivity contribution in [3.63, 3.8) is 0 Å². The molecule has 1 aromatic carbocycles. The summed E-state index contributed by atoms with van der Waals surface area (Å²) in [6.45, 7) is 3.34. The summed E-state index contributed by atoms with van der Waals surface area (Å²) in [4.78, 5) is 15.3. The Hall–Kier alpha value is -1.39. The van der Waals surface area contributed by atoms with Crippen LogP contribution in [0.4, 0.5) is 0 Å². The molecule has 4 heteroatoms. The van der Waals surface area contributed by atoms with Crippen LogP contribution < -0.4 is 11.1 Å². The largest absolute Gasteiger partial charge is 0.340 e. The van der Waals surface area contributed by atoms with Crippen molar-refractivity contribution in [2.24, 2.45) is 17.1 Å². The fourth-order valence-electron chi connectivity index (χ4n) is 4.86. The van der Waals surface area contributed by atoms with E-state index in [-0.39, 0.29) is 17.4 Å². The quantitative estimate of drug-likeness (QED) is 0.866. The van der Waals surface area contributed by atoms with Gasteiger partial charge in [0, 0.05) is 31.6 Å². The van der Waals surface area contributed by atoms with Gasteiger partial charge in [0.05, 0.1) is 5.41 Å². The van der Waals surface area contributed by atoms with E-state index in [1.54, 1.807) is 0 Å². The Morgan fingerprint density at radius 2 is 2.09 bits per heavy atom. The highest BCUT2D eigenvalue weighted by molar-refractivity contribution is 5.84. The molecule has 0 bridgehead atoms. The molecule has 3 fully saturated rings. The van der Waals surface area contributed by atoms with Crippen LogP contribution in [-0.2, 0) is 4.79 Å². The van der Waals surface area contributed by atoms with Crippen molar-refractivity contribution in [2.45, 2.75) is 31.2 Å². The van der Waals surface area contributed by atoms with Gasteiger partial charge in [0.1, 0.15) is 0 Å². The minimum Gasteiger partial charge on any atom is -0.340 e. The monoisotopic (exact) mass is 299 g/mol. The van der Waals surface area contributed by atoms with E-state index in [0.717, 1.165) is 26.1 Å². The Kier molecular flexibility index (Phi) is 3.46. The van der Waals surface area contributed by atoms with Crippen LogP contribution in [0, 0.1) is 11.3 Å². The van der Waals surface area contributed by atoms with Crippen LogP contribution in [0.1, 0.15) is 30.7 Å². The SMILES string of the molecule is N[C@@H]1CN(C(=O)[C@@]23CCC[C@@H]2CNC3)C[C@H]1c1ccccc1. The van der Waals surface area contributed by atoms with Crippen LogP contribution in [0.25, 0.3) is 0 Å². The van der Waals surface area contributed by atoms with E-state index < -0.39 is 0 Å². The molecule has 3 N–H and O–H groups in total. The van der Waals surface area contributed by atoms with Crippen molar-refractivity contribution < 1.29 is 4.79 Å². The van der Waals surface area contributed by atoms with Gasteiger partial charge >= 0.3 is 0 Å². The van der Waals surface area contributed by atoms with Crippen molar-refractivity contribution in [2.75, 3.05) is 26.2 Å². The number of likely N-dealkylation sites (tertiary alicyclic amines) is 1.